The number of hydrazone groups is 1. The predicted octanol–water partition coefficient (Wildman–Crippen LogP) is 2.38. The molecule has 0 aliphatic heterocycles. The summed E-state index contributed by atoms with van der Waals surface area (Å²) in [6.45, 7) is 0. The van der Waals surface area contributed by atoms with Crippen LogP contribution in [0.15, 0.2) is 72.1 Å². The lowest BCUT2D eigenvalue weighted by atomic mass is 10.0. The molecule has 0 unspecified atom stereocenters. The van der Waals surface area contributed by atoms with Crippen molar-refractivity contribution in [3.8, 4) is 17.2 Å². The highest BCUT2D eigenvalue weighted by Gasteiger charge is 2.14. The number of nitrogens with one attached hydrogen (secondary N) is 1. The third kappa shape index (κ3) is 3.62. The smallest absolute Gasteiger partial charge is 0.271 e. The minimum Gasteiger partial charge on any atom is -0.504 e. The molecule has 0 bridgehead atoms. The second-order valence-electron chi connectivity index (χ2n) is 5.37. The number of carbonyl (C=O) groups excluding carboxylic acids is 1. The van der Waals surface area contributed by atoms with Gasteiger partial charge in [0.05, 0.1) is 5.71 Å². The second kappa shape index (κ2) is 7.35. The van der Waals surface area contributed by atoms with E-state index < -0.39 is 23.2 Å². The Balaban J connectivity index is 1.93. The van der Waals surface area contributed by atoms with Crippen molar-refractivity contribution >= 4 is 11.6 Å². The van der Waals surface area contributed by atoms with Gasteiger partial charge in [-0.25, -0.2) is 5.43 Å². The van der Waals surface area contributed by atoms with Gasteiger partial charge in [0.2, 0.25) is 0 Å². The lowest BCUT2D eigenvalue weighted by Gasteiger charge is -2.08. The normalized spacial score (nSPS) is 11.2. The van der Waals surface area contributed by atoms with Gasteiger partial charge in [-0.3, -0.25) is 9.78 Å². The van der Waals surface area contributed by atoms with Crippen LogP contribution in [0, 0.1) is 0 Å². The average molecular weight is 349 g/mol. The topological polar surface area (TPSA) is 115 Å². The van der Waals surface area contributed by atoms with Gasteiger partial charge < -0.3 is 15.3 Å². The van der Waals surface area contributed by atoms with E-state index in [9.17, 15) is 20.1 Å². The van der Waals surface area contributed by atoms with Gasteiger partial charge in [0.15, 0.2) is 17.2 Å². The van der Waals surface area contributed by atoms with E-state index in [2.05, 4.69) is 15.5 Å². The van der Waals surface area contributed by atoms with E-state index in [0.29, 0.717) is 11.3 Å². The van der Waals surface area contributed by atoms with Crippen molar-refractivity contribution in [3.63, 3.8) is 0 Å². The van der Waals surface area contributed by atoms with Gasteiger partial charge in [0.25, 0.3) is 5.91 Å². The zero-order valence-electron chi connectivity index (χ0n) is 13.5. The van der Waals surface area contributed by atoms with Crippen LogP contribution in [-0.4, -0.2) is 31.9 Å². The summed E-state index contributed by atoms with van der Waals surface area (Å²) in [7, 11) is 0. The van der Waals surface area contributed by atoms with Crippen LogP contribution < -0.4 is 5.43 Å². The van der Waals surface area contributed by atoms with E-state index in [4.69, 9.17) is 0 Å². The Bertz CT molecular complexity index is 893. The van der Waals surface area contributed by atoms with Crippen LogP contribution in [0.2, 0.25) is 0 Å². The van der Waals surface area contributed by atoms with Crippen LogP contribution in [-0.2, 0) is 0 Å². The largest absolute Gasteiger partial charge is 0.504 e. The highest BCUT2D eigenvalue weighted by molar-refractivity contribution is 6.13. The first-order chi connectivity index (χ1) is 12.6. The molecule has 130 valence electrons. The molecule has 0 saturated heterocycles. The highest BCUT2D eigenvalue weighted by Crippen LogP contribution is 2.35. The van der Waals surface area contributed by atoms with E-state index in [0.717, 1.165) is 17.7 Å². The maximum atomic E-state index is 12.3. The Morgan fingerprint density at radius 2 is 1.54 bits per heavy atom. The molecule has 0 atom stereocenters. The van der Waals surface area contributed by atoms with Crippen LogP contribution in [0.3, 0.4) is 0 Å². The minimum absolute atomic E-state index is 0.0554. The lowest BCUT2D eigenvalue weighted by molar-refractivity contribution is 0.0954. The molecular weight excluding hydrogens is 334 g/mol. The molecule has 0 radical (unpaired) electrons. The number of phenols is 3. The Hall–Kier alpha value is -3.87. The number of pyridine rings is 1. The van der Waals surface area contributed by atoms with Gasteiger partial charge in [0.1, 0.15) is 0 Å². The van der Waals surface area contributed by atoms with Crippen LogP contribution in [0.5, 0.6) is 17.2 Å². The number of phenolic OH excluding ortho intramolecular Hbond substituents is 3. The lowest BCUT2D eigenvalue weighted by Crippen LogP contribution is -2.20. The molecule has 1 heterocycles. The number of benzene rings is 2. The van der Waals surface area contributed by atoms with Crippen molar-refractivity contribution in [2.24, 2.45) is 5.10 Å². The maximum absolute atomic E-state index is 12.3. The number of aromatic nitrogens is 1. The standard InChI is InChI=1S/C19H15N3O4/c23-15-9-14(10-16(24)18(15)25)19(26)22-21-17(12-5-2-1-3-6-12)13-7-4-8-20-11-13/h1-11,23-25H,(H,22,26)/b21-17+. The molecule has 0 aliphatic rings. The minimum atomic E-state index is -0.689. The third-order valence-corrected chi connectivity index (χ3v) is 3.58. The zero-order valence-corrected chi connectivity index (χ0v) is 13.5. The molecule has 3 aromatic rings. The van der Waals surface area contributed by atoms with E-state index in [1.165, 1.54) is 0 Å². The number of hydrogen-bond donors (Lipinski definition) is 4. The number of rotatable bonds is 4. The summed E-state index contributed by atoms with van der Waals surface area (Å²) in [5.74, 6) is -2.55. The molecule has 0 saturated carbocycles. The van der Waals surface area contributed by atoms with E-state index >= 15 is 0 Å². The molecule has 0 spiro atoms. The molecule has 7 heteroatoms. The quantitative estimate of drug-likeness (QED) is 0.328. The van der Waals surface area contributed by atoms with Gasteiger partial charge >= 0.3 is 0 Å². The Morgan fingerprint density at radius 1 is 0.885 bits per heavy atom. The van der Waals surface area contributed by atoms with Crippen LogP contribution >= 0.6 is 0 Å². The van der Waals surface area contributed by atoms with E-state index in [-0.39, 0.29) is 5.56 Å². The van der Waals surface area contributed by atoms with Crippen molar-refractivity contribution in [3.05, 3.63) is 83.7 Å². The summed E-state index contributed by atoms with van der Waals surface area (Å²) in [4.78, 5) is 16.4. The van der Waals surface area contributed by atoms with E-state index in [1.807, 2.05) is 36.4 Å². The van der Waals surface area contributed by atoms with Crippen molar-refractivity contribution in [1.82, 2.24) is 10.4 Å². The maximum Gasteiger partial charge on any atom is 0.271 e. The van der Waals surface area contributed by atoms with Gasteiger partial charge in [-0.15, -0.1) is 0 Å². The van der Waals surface area contributed by atoms with Crippen LogP contribution in [0.1, 0.15) is 21.5 Å². The van der Waals surface area contributed by atoms with Crippen molar-refractivity contribution in [2.75, 3.05) is 0 Å². The first-order valence-corrected chi connectivity index (χ1v) is 7.65. The number of hydrogen-bond acceptors (Lipinski definition) is 6. The molecule has 0 fully saturated rings. The molecule has 7 nitrogen and oxygen atoms in total. The van der Waals surface area contributed by atoms with E-state index in [1.54, 1.807) is 18.5 Å². The molecule has 4 N–H and O–H groups in total. The van der Waals surface area contributed by atoms with Crippen molar-refractivity contribution in [1.29, 1.82) is 0 Å². The molecular formula is C19H15N3O4. The molecule has 1 aromatic heterocycles. The molecule has 26 heavy (non-hydrogen) atoms. The second-order valence-corrected chi connectivity index (χ2v) is 5.37. The van der Waals surface area contributed by atoms with Gasteiger partial charge in [0, 0.05) is 29.1 Å². The molecule has 2 aromatic carbocycles. The summed E-state index contributed by atoms with van der Waals surface area (Å²) in [6, 6.07) is 14.9. The molecule has 1 amide bonds. The first kappa shape index (κ1) is 17.0. The summed E-state index contributed by atoms with van der Waals surface area (Å²) in [5, 5.41) is 32.6. The molecule has 0 aliphatic carbocycles. The van der Waals surface area contributed by atoms with Crippen LogP contribution in [0.25, 0.3) is 0 Å². The SMILES string of the molecule is O=C(N/N=C(\c1ccccc1)c1cccnc1)c1cc(O)c(O)c(O)c1. The summed E-state index contributed by atoms with van der Waals surface area (Å²) < 4.78 is 0. The number of aromatic hydroxyl groups is 3. The predicted molar refractivity (Wildman–Crippen MR) is 95.2 cm³/mol. The number of nitrogens with zero attached hydrogens (tertiary/aromatic N) is 2. The summed E-state index contributed by atoms with van der Waals surface area (Å²) >= 11 is 0. The van der Waals surface area contributed by atoms with Gasteiger partial charge in [-0.05, 0) is 24.3 Å². The Labute approximate surface area is 148 Å². The Kier molecular flexibility index (Phi) is 4.80. The fourth-order valence-electron chi connectivity index (χ4n) is 2.30. The van der Waals surface area contributed by atoms with Gasteiger partial charge in [-0.1, -0.05) is 30.3 Å². The Morgan fingerprint density at radius 3 is 2.15 bits per heavy atom. The van der Waals surface area contributed by atoms with Crippen molar-refractivity contribution in [2.45, 2.75) is 0 Å². The summed E-state index contributed by atoms with van der Waals surface area (Å²) in [5.41, 5.74) is 4.31. The third-order valence-electron chi connectivity index (χ3n) is 3.58. The fraction of sp³-hybridized carbons (Fsp3) is 0. The number of amides is 1. The fourth-order valence-corrected chi connectivity index (χ4v) is 2.30. The first-order valence-electron chi connectivity index (χ1n) is 7.65. The highest BCUT2D eigenvalue weighted by atomic mass is 16.3. The zero-order chi connectivity index (χ0) is 18.5. The molecule has 3 rings (SSSR count). The summed E-state index contributed by atoms with van der Waals surface area (Å²) in [6.07, 6.45) is 3.25. The monoisotopic (exact) mass is 349 g/mol. The van der Waals surface area contributed by atoms with Crippen molar-refractivity contribution < 1.29 is 20.1 Å². The van der Waals surface area contributed by atoms with Gasteiger partial charge in [-0.2, -0.15) is 5.10 Å². The number of carbonyl (C=O) groups is 1. The average Bonchev–Trinajstić information content (AvgIpc) is 2.67. The van der Waals surface area contributed by atoms with Crippen LogP contribution in [0.4, 0.5) is 0 Å².